The molecule has 0 aromatic heterocycles. The van der Waals surface area contributed by atoms with Gasteiger partial charge in [0.05, 0.1) is 12.5 Å². The van der Waals surface area contributed by atoms with Crippen LogP contribution in [0, 0.1) is 11.8 Å². The highest BCUT2D eigenvalue weighted by atomic mass is 35.5. The van der Waals surface area contributed by atoms with Crippen LogP contribution < -0.4 is 4.74 Å². The van der Waals surface area contributed by atoms with Crippen LogP contribution in [0.1, 0.15) is 25.3 Å². The van der Waals surface area contributed by atoms with Crippen LogP contribution in [-0.4, -0.2) is 12.5 Å². The standard InChI is InChI=1S/C17H17ClO/c1-2-3-11-19-17-9-8-15-12-14(5-4-10-18)6-7-16(15)13-17/h6-9,12-13H,2-3,10-11H2,1H3. The molecule has 2 aromatic rings. The van der Waals surface area contributed by atoms with Crippen molar-refractivity contribution in [3.05, 3.63) is 42.0 Å². The Kier molecular flexibility index (Phi) is 5.12. The van der Waals surface area contributed by atoms with E-state index in [1.807, 2.05) is 12.1 Å². The van der Waals surface area contributed by atoms with Gasteiger partial charge < -0.3 is 4.74 Å². The smallest absolute Gasteiger partial charge is 0.119 e. The van der Waals surface area contributed by atoms with Gasteiger partial charge in [0.2, 0.25) is 0 Å². The lowest BCUT2D eigenvalue weighted by Gasteiger charge is -2.06. The first kappa shape index (κ1) is 13.8. The SMILES string of the molecule is CCCCOc1ccc2cc(C#CCCl)ccc2c1. The van der Waals surface area contributed by atoms with E-state index in [0.717, 1.165) is 30.8 Å². The van der Waals surface area contributed by atoms with Crippen LogP contribution in [-0.2, 0) is 0 Å². The zero-order chi connectivity index (χ0) is 13.5. The van der Waals surface area contributed by atoms with Gasteiger partial charge in [-0.25, -0.2) is 0 Å². The van der Waals surface area contributed by atoms with Crippen molar-refractivity contribution in [1.82, 2.24) is 0 Å². The Morgan fingerprint density at radius 3 is 2.68 bits per heavy atom. The maximum absolute atomic E-state index is 5.70. The number of benzene rings is 2. The Labute approximate surface area is 119 Å². The third-order valence-electron chi connectivity index (χ3n) is 2.88. The molecule has 0 spiro atoms. The van der Waals surface area contributed by atoms with Gasteiger partial charge >= 0.3 is 0 Å². The normalized spacial score (nSPS) is 10.0. The maximum Gasteiger partial charge on any atom is 0.119 e. The lowest BCUT2D eigenvalue weighted by molar-refractivity contribution is 0.310. The molecule has 0 amide bonds. The van der Waals surface area contributed by atoms with Crippen molar-refractivity contribution >= 4 is 22.4 Å². The lowest BCUT2D eigenvalue weighted by Crippen LogP contribution is -1.96. The minimum atomic E-state index is 0.363. The number of unbranched alkanes of at least 4 members (excludes halogenated alkanes) is 1. The minimum absolute atomic E-state index is 0.363. The van der Waals surface area contributed by atoms with Crippen LogP contribution in [0.5, 0.6) is 5.75 Å². The number of hydrogen-bond acceptors (Lipinski definition) is 1. The summed E-state index contributed by atoms with van der Waals surface area (Å²) in [6, 6.07) is 12.3. The minimum Gasteiger partial charge on any atom is -0.494 e. The number of fused-ring (bicyclic) bond motifs is 1. The molecule has 0 aliphatic rings. The molecular formula is C17H17ClO. The highest BCUT2D eigenvalue weighted by Gasteiger charge is 1.98. The summed E-state index contributed by atoms with van der Waals surface area (Å²) in [5, 5.41) is 2.34. The van der Waals surface area contributed by atoms with E-state index in [1.54, 1.807) is 0 Å². The summed E-state index contributed by atoms with van der Waals surface area (Å²) in [4.78, 5) is 0. The summed E-state index contributed by atoms with van der Waals surface area (Å²) in [7, 11) is 0. The van der Waals surface area contributed by atoms with E-state index >= 15 is 0 Å². The third kappa shape index (κ3) is 3.91. The van der Waals surface area contributed by atoms with Crippen LogP contribution in [0.2, 0.25) is 0 Å². The molecule has 2 aromatic carbocycles. The average molecular weight is 273 g/mol. The molecule has 0 saturated heterocycles. The Morgan fingerprint density at radius 1 is 1.11 bits per heavy atom. The van der Waals surface area contributed by atoms with Crippen LogP contribution in [0.3, 0.4) is 0 Å². The first-order valence-electron chi connectivity index (χ1n) is 6.55. The summed E-state index contributed by atoms with van der Waals surface area (Å²) >= 11 is 5.56. The molecule has 2 heteroatoms. The summed E-state index contributed by atoms with van der Waals surface area (Å²) in [6.45, 7) is 2.94. The highest BCUT2D eigenvalue weighted by molar-refractivity contribution is 6.19. The van der Waals surface area contributed by atoms with E-state index in [2.05, 4.69) is 43.0 Å². The van der Waals surface area contributed by atoms with Crippen molar-refractivity contribution in [2.45, 2.75) is 19.8 Å². The van der Waals surface area contributed by atoms with Crippen molar-refractivity contribution in [2.75, 3.05) is 12.5 Å². The monoisotopic (exact) mass is 272 g/mol. The van der Waals surface area contributed by atoms with Gasteiger partial charge in [-0.1, -0.05) is 37.3 Å². The first-order chi connectivity index (χ1) is 9.33. The second-order valence-corrected chi connectivity index (χ2v) is 4.63. The van der Waals surface area contributed by atoms with Crippen LogP contribution >= 0.6 is 11.6 Å². The topological polar surface area (TPSA) is 9.23 Å². The van der Waals surface area contributed by atoms with Crippen molar-refractivity contribution in [3.63, 3.8) is 0 Å². The predicted octanol–water partition coefficient (Wildman–Crippen LogP) is 4.61. The molecule has 0 heterocycles. The van der Waals surface area contributed by atoms with Crippen molar-refractivity contribution < 1.29 is 4.74 Å². The third-order valence-corrected chi connectivity index (χ3v) is 3.01. The molecular weight excluding hydrogens is 256 g/mol. The van der Waals surface area contributed by atoms with Gasteiger partial charge in [-0.3, -0.25) is 0 Å². The van der Waals surface area contributed by atoms with E-state index in [-0.39, 0.29) is 0 Å². The molecule has 0 unspecified atom stereocenters. The number of halogens is 1. The molecule has 0 bridgehead atoms. The highest BCUT2D eigenvalue weighted by Crippen LogP contribution is 2.22. The van der Waals surface area contributed by atoms with Gasteiger partial charge in [0, 0.05) is 5.56 Å². The van der Waals surface area contributed by atoms with Gasteiger partial charge in [0.15, 0.2) is 0 Å². The van der Waals surface area contributed by atoms with Crippen LogP contribution in [0.4, 0.5) is 0 Å². The van der Waals surface area contributed by atoms with E-state index in [1.165, 1.54) is 10.8 Å². The zero-order valence-corrected chi connectivity index (χ0v) is 11.8. The van der Waals surface area contributed by atoms with Gasteiger partial charge in [0.25, 0.3) is 0 Å². The Balaban J connectivity index is 2.20. The number of rotatable bonds is 4. The van der Waals surface area contributed by atoms with Crippen molar-refractivity contribution in [2.24, 2.45) is 0 Å². The number of ether oxygens (including phenoxy) is 1. The molecule has 19 heavy (non-hydrogen) atoms. The molecule has 0 aliphatic carbocycles. The zero-order valence-electron chi connectivity index (χ0n) is 11.1. The predicted molar refractivity (Wildman–Crippen MR) is 81.9 cm³/mol. The fourth-order valence-corrected chi connectivity index (χ4v) is 1.93. The Hall–Kier alpha value is -1.65. The quantitative estimate of drug-likeness (QED) is 0.449. The number of hydrogen-bond donors (Lipinski definition) is 0. The van der Waals surface area contributed by atoms with Gasteiger partial charge in [-0.05, 0) is 41.5 Å². The Morgan fingerprint density at radius 2 is 1.89 bits per heavy atom. The van der Waals surface area contributed by atoms with Gasteiger partial charge in [-0.2, -0.15) is 0 Å². The Bertz CT molecular complexity index is 607. The molecule has 1 nitrogen and oxygen atoms in total. The molecule has 0 radical (unpaired) electrons. The maximum atomic E-state index is 5.70. The number of alkyl halides is 1. The van der Waals surface area contributed by atoms with E-state index < -0.39 is 0 Å². The largest absolute Gasteiger partial charge is 0.494 e. The second kappa shape index (κ2) is 7.07. The molecule has 2 rings (SSSR count). The lowest BCUT2D eigenvalue weighted by atomic mass is 10.1. The molecule has 0 aliphatic heterocycles. The summed E-state index contributed by atoms with van der Waals surface area (Å²) in [6.07, 6.45) is 2.24. The summed E-state index contributed by atoms with van der Waals surface area (Å²) in [5.41, 5.74) is 0.993. The summed E-state index contributed by atoms with van der Waals surface area (Å²) < 4.78 is 5.70. The van der Waals surface area contributed by atoms with Crippen LogP contribution in [0.25, 0.3) is 10.8 Å². The molecule has 98 valence electrons. The summed E-state index contributed by atoms with van der Waals surface area (Å²) in [5.74, 6) is 7.19. The van der Waals surface area contributed by atoms with E-state index in [4.69, 9.17) is 16.3 Å². The molecule has 0 N–H and O–H groups in total. The second-order valence-electron chi connectivity index (χ2n) is 4.36. The fourth-order valence-electron chi connectivity index (χ4n) is 1.86. The van der Waals surface area contributed by atoms with E-state index in [9.17, 15) is 0 Å². The average Bonchev–Trinajstić information content (AvgIpc) is 2.45. The fraction of sp³-hybridized carbons (Fsp3) is 0.294. The molecule has 0 atom stereocenters. The van der Waals surface area contributed by atoms with E-state index in [0.29, 0.717) is 5.88 Å². The molecule has 0 saturated carbocycles. The van der Waals surface area contributed by atoms with Crippen LogP contribution in [0.15, 0.2) is 36.4 Å². The first-order valence-corrected chi connectivity index (χ1v) is 7.08. The molecule has 0 fully saturated rings. The van der Waals surface area contributed by atoms with Crippen molar-refractivity contribution in [3.8, 4) is 17.6 Å². The van der Waals surface area contributed by atoms with Crippen molar-refractivity contribution in [1.29, 1.82) is 0 Å². The van der Waals surface area contributed by atoms with Gasteiger partial charge in [-0.15, -0.1) is 11.6 Å². The van der Waals surface area contributed by atoms with Gasteiger partial charge in [0.1, 0.15) is 5.75 Å².